The molecule has 1 heterocycles. The summed E-state index contributed by atoms with van der Waals surface area (Å²) < 4.78 is 41.0. The lowest BCUT2D eigenvalue weighted by Crippen LogP contribution is -2.09. The van der Waals surface area contributed by atoms with Gasteiger partial charge < -0.3 is 13.7 Å². The second-order valence-corrected chi connectivity index (χ2v) is 8.45. The van der Waals surface area contributed by atoms with E-state index in [9.17, 15) is 13.2 Å². The molecule has 0 unspecified atom stereocenters. The average Bonchev–Trinajstić information content (AvgIpc) is 3.08. The van der Waals surface area contributed by atoms with Crippen LogP contribution in [0.2, 0.25) is 0 Å². The van der Waals surface area contributed by atoms with Crippen LogP contribution < -0.4 is 13.7 Å². The minimum Gasteiger partial charge on any atom is -0.497 e. The van der Waals surface area contributed by atoms with Gasteiger partial charge in [0, 0.05) is 6.07 Å². The van der Waals surface area contributed by atoms with Gasteiger partial charge in [0.05, 0.1) is 12.7 Å². The van der Waals surface area contributed by atoms with E-state index < -0.39 is 10.1 Å². The summed E-state index contributed by atoms with van der Waals surface area (Å²) in [7, 11) is -2.55. The molecule has 1 aliphatic rings. The van der Waals surface area contributed by atoms with Gasteiger partial charge in [0.2, 0.25) is 5.78 Å². The zero-order chi connectivity index (χ0) is 22.0. The molecule has 0 saturated carbocycles. The highest BCUT2D eigenvalue weighted by Crippen LogP contribution is 2.35. The van der Waals surface area contributed by atoms with E-state index >= 15 is 0 Å². The number of carbonyl (C=O) groups excluding carboxylic acids is 1. The van der Waals surface area contributed by atoms with Gasteiger partial charge in [-0.05, 0) is 60.0 Å². The van der Waals surface area contributed by atoms with Crippen LogP contribution in [-0.4, -0.2) is 21.3 Å². The van der Waals surface area contributed by atoms with Crippen molar-refractivity contribution in [3.05, 3.63) is 89.2 Å². The topological polar surface area (TPSA) is 78.9 Å². The smallest absolute Gasteiger partial charge is 0.339 e. The van der Waals surface area contributed by atoms with Crippen molar-refractivity contribution in [1.82, 2.24) is 0 Å². The first kappa shape index (κ1) is 20.7. The van der Waals surface area contributed by atoms with E-state index in [-0.39, 0.29) is 27.9 Å². The molecule has 3 aromatic carbocycles. The van der Waals surface area contributed by atoms with Crippen LogP contribution in [0.3, 0.4) is 0 Å². The lowest BCUT2D eigenvalue weighted by atomic mass is 10.1. The van der Waals surface area contributed by atoms with E-state index in [1.165, 1.54) is 55.1 Å². The SMILES string of the molecule is CCc1ccc(C=C2Oc3cc(OS(=O)(=O)c4ccc(OC)cc4)ccc3C2=O)cc1. The molecule has 0 fully saturated rings. The van der Waals surface area contributed by atoms with Crippen molar-refractivity contribution in [2.24, 2.45) is 0 Å². The minimum absolute atomic E-state index is 0.0121. The number of allylic oxidation sites excluding steroid dienone is 1. The van der Waals surface area contributed by atoms with Crippen LogP contribution in [-0.2, 0) is 16.5 Å². The number of aryl methyl sites for hydroxylation is 1. The maximum atomic E-state index is 12.6. The van der Waals surface area contributed by atoms with Crippen LogP contribution >= 0.6 is 0 Å². The number of rotatable bonds is 6. The Morgan fingerprint density at radius 3 is 2.26 bits per heavy atom. The molecule has 0 spiro atoms. The summed E-state index contributed by atoms with van der Waals surface area (Å²) in [5.41, 5.74) is 2.39. The molecule has 0 atom stereocenters. The average molecular weight is 436 g/mol. The number of Topliss-reactive ketones (excluding diaryl/α,β-unsaturated/α-hetero) is 1. The molecule has 0 N–H and O–H groups in total. The molecule has 0 aliphatic carbocycles. The fourth-order valence-corrected chi connectivity index (χ4v) is 4.06. The maximum Gasteiger partial charge on any atom is 0.339 e. The third-order valence-electron chi connectivity index (χ3n) is 4.88. The number of fused-ring (bicyclic) bond motifs is 1. The van der Waals surface area contributed by atoms with Gasteiger partial charge in [-0.3, -0.25) is 4.79 Å². The molecule has 0 radical (unpaired) electrons. The van der Waals surface area contributed by atoms with E-state index in [4.69, 9.17) is 13.7 Å². The van der Waals surface area contributed by atoms with Crippen molar-refractivity contribution in [1.29, 1.82) is 0 Å². The van der Waals surface area contributed by atoms with Crippen molar-refractivity contribution in [3.8, 4) is 17.2 Å². The number of ether oxygens (including phenoxy) is 2. The fourth-order valence-electron chi connectivity index (χ4n) is 3.14. The molecule has 0 bridgehead atoms. The number of methoxy groups -OCH3 is 1. The first-order valence-corrected chi connectivity index (χ1v) is 11.1. The maximum absolute atomic E-state index is 12.6. The zero-order valence-electron chi connectivity index (χ0n) is 17.0. The van der Waals surface area contributed by atoms with Gasteiger partial charge in [-0.2, -0.15) is 8.42 Å². The van der Waals surface area contributed by atoms with Gasteiger partial charge in [-0.15, -0.1) is 0 Å². The van der Waals surface area contributed by atoms with E-state index in [2.05, 4.69) is 6.92 Å². The Hall–Kier alpha value is -3.58. The number of hydrogen-bond donors (Lipinski definition) is 0. The van der Waals surface area contributed by atoms with Crippen molar-refractivity contribution in [3.63, 3.8) is 0 Å². The summed E-state index contributed by atoms with van der Waals surface area (Å²) in [5.74, 6) is 0.750. The van der Waals surface area contributed by atoms with Crippen LogP contribution in [0, 0.1) is 0 Å². The predicted molar refractivity (Wildman–Crippen MR) is 116 cm³/mol. The van der Waals surface area contributed by atoms with Crippen LogP contribution in [0.4, 0.5) is 0 Å². The van der Waals surface area contributed by atoms with Gasteiger partial charge in [0.1, 0.15) is 22.1 Å². The molecule has 3 aromatic rings. The molecular formula is C24H20O6S. The van der Waals surface area contributed by atoms with Crippen molar-refractivity contribution in [2.45, 2.75) is 18.2 Å². The fraction of sp³-hybridized carbons (Fsp3) is 0.125. The monoisotopic (exact) mass is 436 g/mol. The largest absolute Gasteiger partial charge is 0.497 e. The molecule has 4 rings (SSSR count). The Bertz CT molecular complexity index is 1260. The first-order chi connectivity index (χ1) is 14.9. The molecule has 0 aromatic heterocycles. The lowest BCUT2D eigenvalue weighted by molar-refractivity contribution is 0.101. The highest BCUT2D eigenvalue weighted by molar-refractivity contribution is 7.87. The highest BCUT2D eigenvalue weighted by atomic mass is 32.2. The molecule has 0 amide bonds. The number of carbonyl (C=O) groups is 1. The Kier molecular flexibility index (Phi) is 5.52. The van der Waals surface area contributed by atoms with E-state index in [1.54, 1.807) is 6.08 Å². The third kappa shape index (κ3) is 4.32. The predicted octanol–water partition coefficient (Wildman–Crippen LogP) is 4.64. The second-order valence-electron chi connectivity index (χ2n) is 6.91. The van der Waals surface area contributed by atoms with Crippen LogP contribution in [0.15, 0.2) is 77.4 Å². The molecule has 1 aliphatic heterocycles. The summed E-state index contributed by atoms with van der Waals surface area (Å²) in [4.78, 5) is 12.6. The Morgan fingerprint density at radius 1 is 0.935 bits per heavy atom. The summed E-state index contributed by atoms with van der Waals surface area (Å²) in [6.45, 7) is 2.07. The van der Waals surface area contributed by atoms with Crippen molar-refractivity contribution >= 4 is 22.0 Å². The third-order valence-corrected chi connectivity index (χ3v) is 6.14. The normalized spacial score (nSPS) is 14.3. The molecule has 0 saturated heterocycles. The van der Waals surface area contributed by atoms with Crippen LogP contribution in [0.25, 0.3) is 6.08 Å². The number of hydrogen-bond acceptors (Lipinski definition) is 6. The molecule has 158 valence electrons. The zero-order valence-corrected chi connectivity index (χ0v) is 17.8. The highest BCUT2D eigenvalue weighted by Gasteiger charge is 2.28. The Labute approximate surface area is 180 Å². The van der Waals surface area contributed by atoms with Crippen LogP contribution in [0.5, 0.6) is 17.2 Å². The molecule has 6 nitrogen and oxygen atoms in total. The van der Waals surface area contributed by atoms with Crippen molar-refractivity contribution < 1.29 is 26.9 Å². The number of benzene rings is 3. The summed E-state index contributed by atoms with van der Waals surface area (Å²) in [6, 6.07) is 18.0. The molecule has 31 heavy (non-hydrogen) atoms. The summed E-state index contributed by atoms with van der Waals surface area (Å²) in [6.07, 6.45) is 2.59. The van der Waals surface area contributed by atoms with Crippen LogP contribution in [0.1, 0.15) is 28.4 Å². The van der Waals surface area contributed by atoms with Gasteiger partial charge in [-0.1, -0.05) is 31.2 Å². The van der Waals surface area contributed by atoms with Gasteiger partial charge in [0.15, 0.2) is 5.76 Å². The molecular weight excluding hydrogens is 416 g/mol. The minimum atomic E-state index is -4.05. The van der Waals surface area contributed by atoms with E-state index in [0.717, 1.165) is 12.0 Å². The van der Waals surface area contributed by atoms with Gasteiger partial charge in [0.25, 0.3) is 0 Å². The standard InChI is InChI=1S/C24H20O6S/c1-3-16-4-6-17(7-5-16)14-23-24(25)21-13-10-19(15-22(21)29-23)30-31(26,27)20-11-8-18(28-2)9-12-20/h4-15H,3H2,1-2H3. The van der Waals surface area contributed by atoms with Crippen molar-refractivity contribution in [2.75, 3.05) is 7.11 Å². The van der Waals surface area contributed by atoms with E-state index in [0.29, 0.717) is 11.3 Å². The quantitative estimate of drug-likeness (QED) is 0.414. The molecule has 7 heteroatoms. The number of ketones is 1. The summed E-state index contributed by atoms with van der Waals surface area (Å²) >= 11 is 0. The summed E-state index contributed by atoms with van der Waals surface area (Å²) in [5, 5.41) is 0. The van der Waals surface area contributed by atoms with E-state index in [1.807, 2.05) is 24.3 Å². The lowest BCUT2D eigenvalue weighted by Gasteiger charge is -2.08. The van der Waals surface area contributed by atoms with Gasteiger partial charge >= 0.3 is 10.1 Å². The first-order valence-electron chi connectivity index (χ1n) is 9.65. The Balaban J connectivity index is 1.55. The van der Waals surface area contributed by atoms with Gasteiger partial charge in [-0.25, -0.2) is 0 Å². The Morgan fingerprint density at radius 2 is 1.61 bits per heavy atom. The second kappa shape index (κ2) is 8.28.